The molecule has 14 heteroatoms. The maximum atomic E-state index is 11.9. The van der Waals surface area contributed by atoms with Crippen LogP contribution in [0.15, 0.2) is 0 Å². The Morgan fingerprint density at radius 1 is 0.350 bits per heavy atom. The summed E-state index contributed by atoms with van der Waals surface area (Å²) in [4.78, 5) is 11.9. The minimum atomic E-state index is -1.70. The van der Waals surface area contributed by atoms with Crippen LogP contribution in [0.4, 0.5) is 0 Å². The quantitative estimate of drug-likeness (QED) is 0.0328. The van der Waals surface area contributed by atoms with Gasteiger partial charge in [-0.3, -0.25) is 4.79 Å². The number of hydrogen-bond acceptors (Lipinski definition) is 13. The molecule has 0 atom stereocenters. The fourth-order valence-corrected chi connectivity index (χ4v) is 6.61. The number of ether oxygens (including phenoxy) is 11. The fourth-order valence-electron chi connectivity index (χ4n) is 5.58. The molecule has 0 unspecified atom stereocenters. The molecule has 0 saturated heterocycles. The van der Waals surface area contributed by atoms with E-state index < -0.39 is 8.32 Å². The van der Waals surface area contributed by atoms with Crippen molar-refractivity contribution in [3.8, 4) is 0 Å². The number of carbonyl (C=O) groups excluding carboxylic acids is 1. The summed E-state index contributed by atoms with van der Waals surface area (Å²) in [5.41, 5.74) is 0. The summed E-state index contributed by atoms with van der Waals surface area (Å²) in [6.07, 6.45) is 20.2. The van der Waals surface area contributed by atoms with E-state index in [1.165, 1.54) is 83.5 Å². The Morgan fingerprint density at radius 3 is 0.850 bits per heavy atom. The molecule has 0 radical (unpaired) electrons. The highest BCUT2D eigenvalue weighted by Crippen LogP contribution is 2.36. The Labute approximate surface area is 368 Å². The van der Waals surface area contributed by atoms with Crippen LogP contribution in [0.1, 0.15) is 130 Å². The lowest BCUT2D eigenvalue weighted by molar-refractivity contribution is -0.145. The molecule has 0 spiro atoms. The van der Waals surface area contributed by atoms with Gasteiger partial charge in [0.2, 0.25) is 0 Å². The van der Waals surface area contributed by atoms with Crippen LogP contribution in [0.2, 0.25) is 18.1 Å². The van der Waals surface area contributed by atoms with E-state index in [-0.39, 0.29) is 17.6 Å². The van der Waals surface area contributed by atoms with Gasteiger partial charge in [0.15, 0.2) is 8.32 Å². The Morgan fingerprint density at radius 2 is 0.583 bits per heavy atom. The Hall–Kier alpha value is -0.753. The van der Waals surface area contributed by atoms with Gasteiger partial charge in [-0.25, -0.2) is 0 Å². The zero-order chi connectivity index (χ0) is 43.9. The molecule has 0 amide bonds. The number of esters is 1. The van der Waals surface area contributed by atoms with Crippen molar-refractivity contribution in [1.82, 2.24) is 0 Å². The standard InChI is InChI=1S/C46H94O13Si/c1-7-8-9-10-11-12-13-14-15-16-17-18-19-20-21-22-45(47)58-43-41-56-39-37-54-35-33-52-31-29-50-27-25-48-23-24-49-26-28-51-30-32-53-34-36-55-38-40-57-42-44-59-60(5,6)46(2,3)4/h7-44H2,1-6H3. The maximum Gasteiger partial charge on any atom is 0.305 e. The largest absolute Gasteiger partial charge is 0.463 e. The Kier molecular flexibility index (Phi) is 45.7. The van der Waals surface area contributed by atoms with Crippen molar-refractivity contribution in [2.45, 2.75) is 149 Å². The van der Waals surface area contributed by atoms with Crippen LogP contribution < -0.4 is 0 Å². The Balaban J connectivity index is 3.17. The van der Waals surface area contributed by atoms with E-state index in [1.807, 2.05) is 0 Å². The highest BCUT2D eigenvalue weighted by atomic mass is 28.4. The number of hydrogen-bond donors (Lipinski definition) is 0. The fraction of sp³-hybridized carbons (Fsp3) is 0.978. The molecule has 0 N–H and O–H groups in total. The summed E-state index contributed by atoms with van der Waals surface area (Å²) in [5.74, 6) is -0.130. The second-order valence-corrected chi connectivity index (χ2v) is 21.5. The van der Waals surface area contributed by atoms with E-state index in [0.29, 0.717) is 145 Å². The molecule has 0 bridgehead atoms. The average Bonchev–Trinajstić information content (AvgIpc) is 3.22. The van der Waals surface area contributed by atoms with E-state index >= 15 is 0 Å². The predicted molar refractivity (Wildman–Crippen MR) is 242 cm³/mol. The first-order valence-electron chi connectivity index (χ1n) is 23.8. The van der Waals surface area contributed by atoms with Crippen LogP contribution in [-0.2, 0) is 61.3 Å². The van der Waals surface area contributed by atoms with Crippen molar-refractivity contribution < 1.29 is 61.3 Å². The van der Waals surface area contributed by atoms with Gasteiger partial charge < -0.3 is 56.5 Å². The molecule has 0 aromatic heterocycles. The Bertz CT molecular complexity index is 863. The molecule has 0 fully saturated rings. The number of rotatable bonds is 50. The monoisotopic (exact) mass is 883 g/mol. The van der Waals surface area contributed by atoms with Crippen LogP contribution >= 0.6 is 0 Å². The van der Waals surface area contributed by atoms with E-state index in [1.54, 1.807) is 0 Å². The summed E-state index contributed by atoms with van der Waals surface area (Å²) in [7, 11) is -1.70. The van der Waals surface area contributed by atoms with Gasteiger partial charge in [-0.1, -0.05) is 118 Å². The van der Waals surface area contributed by atoms with Crippen molar-refractivity contribution in [2.24, 2.45) is 0 Å². The van der Waals surface area contributed by atoms with Crippen LogP contribution in [0.5, 0.6) is 0 Å². The number of unbranched alkanes of at least 4 members (excludes halogenated alkanes) is 14. The van der Waals surface area contributed by atoms with Gasteiger partial charge >= 0.3 is 5.97 Å². The molecule has 60 heavy (non-hydrogen) atoms. The third-order valence-corrected chi connectivity index (χ3v) is 14.9. The molecule has 0 aromatic carbocycles. The van der Waals surface area contributed by atoms with Gasteiger partial charge in [-0.05, 0) is 24.6 Å². The van der Waals surface area contributed by atoms with Crippen molar-refractivity contribution in [1.29, 1.82) is 0 Å². The van der Waals surface area contributed by atoms with Gasteiger partial charge in [0.05, 0.1) is 139 Å². The first-order valence-corrected chi connectivity index (χ1v) is 26.7. The molecule has 0 rings (SSSR count). The normalized spacial score (nSPS) is 12.2. The van der Waals surface area contributed by atoms with E-state index in [9.17, 15) is 4.79 Å². The minimum Gasteiger partial charge on any atom is -0.463 e. The molecule has 360 valence electrons. The van der Waals surface area contributed by atoms with Crippen molar-refractivity contribution in [3.63, 3.8) is 0 Å². The minimum absolute atomic E-state index is 0.130. The second-order valence-electron chi connectivity index (χ2n) is 16.7. The number of carbonyl (C=O) groups is 1. The van der Waals surface area contributed by atoms with Crippen molar-refractivity contribution >= 4 is 14.3 Å². The SMILES string of the molecule is CCCCCCCCCCCCCCCCCC(=O)OCCOCCOCCOCCOCCOCCOCCOCCOCCOCCOCCO[Si](C)(C)C(C)(C)C. The zero-order valence-corrected chi connectivity index (χ0v) is 40.7. The molecular formula is C46H94O13Si. The first kappa shape index (κ1) is 59.2. The summed E-state index contributed by atoms with van der Waals surface area (Å²) < 4.78 is 66.6. The lowest BCUT2D eigenvalue weighted by atomic mass is 10.0. The molecular weight excluding hydrogens is 789 g/mol. The summed E-state index contributed by atoms with van der Waals surface area (Å²) >= 11 is 0. The molecule has 0 aliphatic heterocycles. The van der Waals surface area contributed by atoms with E-state index in [0.717, 1.165) is 12.8 Å². The molecule has 0 aliphatic rings. The van der Waals surface area contributed by atoms with Crippen LogP contribution in [0.25, 0.3) is 0 Å². The van der Waals surface area contributed by atoms with Gasteiger partial charge in [-0.15, -0.1) is 0 Å². The molecule has 0 aliphatic carbocycles. The van der Waals surface area contributed by atoms with Crippen molar-refractivity contribution in [3.05, 3.63) is 0 Å². The maximum absolute atomic E-state index is 11.9. The highest BCUT2D eigenvalue weighted by molar-refractivity contribution is 6.74. The van der Waals surface area contributed by atoms with E-state index in [4.69, 9.17) is 56.5 Å². The molecule has 0 saturated carbocycles. The average molecular weight is 883 g/mol. The third kappa shape index (κ3) is 45.3. The van der Waals surface area contributed by atoms with Crippen LogP contribution in [-0.4, -0.2) is 160 Å². The summed E-state index contributed by atoms with van der Waals surface area (Å²) in [6.45, 7) is 24.5. The topological polar surface area (TPSA) is 128 Å². The summed E-state index contributed by atoms with van der Waals surface area (Å²) in [6, 6.07) is 0. The van der Waals surface area contributed by atoms with Crippen LogP contribution in [0.3, 0.4) is 0 Å². The first-order chi connectivity index (χ1) is 29.2. The van der Waals surface area contributed by atoms with Crippen LogP contribution in [0, 0.1) is 0 Å². The molecule has 0 heterocycles. The highest BCUT2D eigenvalue weighted by Gasteiger charge is 2.36. The van der Waals surface area contributed by atoms with Gasteiger partial charge in [-0.2, -0.15) is 0 Å². The summed E-state index contributed by atoms with van der Waals surface area (Å²) in [5, 5.41) is 0.214. The predicted octanol–water partition coefficient (Wildman–Crippen LogP) is 8.98. The van der Waals surface area contributed by atoms with Gasteiger partial charge in [0.1, 0.15) is 6.61 Å². The van der Waals surface area contributed by atoms with E-state index in [2.05, 4.69) is 40.8 Å². The van der Waals surface area contributed by atoms with Gasteiger partial charge in [0, 0.05) is 6.42 Å². The molecule has 13 nitrogen and oxygen atoms in total. The lowest BCUT2D eigenvalue weighted by Crippen LogP contribution is -2.41. The lowest BCUT2D eigenvalue weighted by Gasteiger charge is -2.36. The van der Waals surface area contributed by atoms with Gasteiger partial charge in [0.25, 0.3) is 0 Å². The third-order valence-electron chi connectivity index (χ3n) is 10.3. The molecule has 0 aromatic rings. The second kappa shape index (κ2) is 46.2. The van der Waals surface area contributed by atoms with Crippen molar-refractivity contribution in [2.75, 3.05) is 145 Å². The smallest absolute Gasteiger partial charge is 0.305 e. The zero-order valence-electron chi connectivity index (χ0n) is 39.7.